The Hall–Kier alpha value is -4.18. The number of anilines is 1. The van der Waals surface area contributed by atoms with E-state index in [4.69, 9.17) is 5.10 Å². The molecule has 0 spiro atoms. The zero-order valence-electron chi connectivity index (χ0n) is 21.1. The number of fused-ring (bicyclic) bond motifs is 1. The van der Waals surface area contributed by atoms with E-state index >= 15 is 0 Å². The number of halogens is 1. The average Bonchev–Trinajstić information content (AvgIpc) is 3.65. The molecule has 3 aromatic carbocycles. The summed E-state index contributed by atoms with van der Waals surface area (Å²) in [6.45, 7) is 1.73. The molecule has 9 nitrogen and oxygen atoms in total. The van der Waals surface area contributed by atoms with Crippen LogP contribution in [0.25, 0.3) is 0 Å². The van der Waals surface area contributed by atoms with Gasteiger partial charge in [-0.15, -0.1) is 0 Å². The van der Waals surface area contributed by atoms with E-state index in [1.54, 1.807) is 12.1 Å². The minimum absolute atomic E-state index is 0.229. The molecule has 1 fully saturated rings. The molecule has 3 amide bonds. The van der Waals surface area contributed by atoms with Gasteiger partial charge in [-0.1, -0.05) is 88.7 Å². The van der Waals surface area contributed by atoms with Crippen LogP contribution in [0.5, 0.6) is 0 Å². The number of hydrogen-bond donors (Lipinski definition) is 0. The largest absolute Gasteiger partial charge is 0.271 e. The summed E-state index contributed by atoms with van der Waals surface area (Å²) in [6, 6.07) is 22.7. The first-order valence-corrected chi connectivity index (χ1v) is 13.6. The number of carbonyl (C=O) groups excluding carboxylic acids is 3. The standard InChI is InChI=1S/C29H25BrN6O3/c1-2-18-15-21(30)13-14-23(18)35-28(38)26-27(29(35)39)34(33-31-26)17-25(37)36-24(20-11-7-4-8-12-20)16-22(32-36)19-9-5-3-6-10-19/h3-15,24,26-27H,2,16-17H2,1H3/t24-,26-,27+/m0/s1. The third kappa shape index (κ3) is 4.44. The van der Waals surface area contributed by atoms with Crippen LogP contribution in [0.1, 0.15) is 36.1 Å². The van der Waals surface area contributed by atoms with Gasteiger partial charge in [0.15, 0.2) is 12.1 Å². The quantitative estimate of drug-likeness (QED) is 0.393. The number of rotatable bonds is 6. The maximum absolute atomic E-state index is 13.7. The zero-order valence-corrected chi connectivity index (χ0v) is 22.7. The lowest BCUT2D eigenvalue weighted by molar-refractivity contribution is -0.135. The minimum Gasteiger partial charge on any atom is -0.271 e. The van der Waals surface area contributed by atoms with Crippen LogP contribution in [0.4, 0.5) is 5.69 Å². The van der Waals surface area contributed by atoms with Gasteiger partial charge in [0.25, 0.3) is 17.7 Å². The summed E-state index contributed by atoms with van der Waals surface area (Å²) < 4.78 is 0.864. The van der Waals surface area contributed by atoms with E-state index in [2.05, 4.69) is 26.3 Å². The van der Waals surface area contributed by atoms with Crippen LogP contribution in [-0.4, -0.2) is 52.1 Å². The topological polar surface area (TPSA) is 98.0 Å². The Morgan fingerprint density at radius 3 is 2.41 bits per heavy atom. The van der Waals surface area contributed by atoms with Crippen molar-refractivity contribution >= 4 is 45.1 Å². The highest BCUT2D eigenvalue weighted by atomic mass is 79.9. The second-order valence-electron chi connectivity index (χ2n) is 9.61. The molecule has 3 aliphatic heterocycles. The first-order valence-electron chi connectivity index (χ1n) is 12.8. The molecular formula is C29H25BrN6O3. The van der Waals surface area contributed by atoms with Crippen LogP contribution >= 0.6 is 15.9 Å². The highest BCUT2D eigenvalue weighted by Gasteiger charge is 2.55. The molecule has 3 atom stereocenters. The predicted molar refractivity (Wildman–Crippen MR) is 149 cm³/mol. The summed E-state index contributed by atoms with van der Waals surface area (Å²) in [5.74, 6) is -1.20. The van der Waals surface area contributed by atoms with Gasteiger partial charge in [-0.25, -0.2) is 9.91 Å². The van der Waals surface area contributed by atoms with Crippen molar-refractivity contribution in [2.75, 3.05) is 11.4 Å². The van der Waals surface area contributed by atoms with Crippen molar-refractivity contribution in [2.45, 2.75) is 37.9 Å². The van der Waals surface area contributed by atoms with Crippen molar-refractivity contribution in [3.8, 4) is 0 Å². The van der Waals surface area contributed by atoms with Crippen LogP contribution in [0.2, 0.25) is 0 Å². The molecule has 1 saturated heterocycles. The summed E-state index contributed by atoms with van der Waals surface area (Å²) in [7, 11) is 0. The van der Waals surface area contributed by atoms with Crippen molar-refractivity contribution in [1.82, 2.24) is 10.0 Å². The van der Waals surface area contributed by atoms with Gasteiger partial charge in [0, 0.05) is 10.9 Å². The van der Waals surface area contributed by atoms with Gasteiger partial charge in [-0.2, -0.15) is 10.2 Å². The molecular weight excluding hydrogens is 560 g/mol. The lowest BCUT2D eigenvalue weighted by Gasteiger charge is -2.25. The number of hydrazone groups is 1. The SMILES string of the molecule is CCc1cc(Br)ccc1N1C(=O)[C@H]2N=NN(CC(=O)N3N=C(c4ccccc4)C[C@H]3c3ccccc3)[C@H]2C1=O. The van der Waals surface area contributed by atoms with E-state index < -0.39 is 23.9 Å². The second kappa shape index (κ2) is 10.2. The van der Waals surface area contributed by atoms with E-state index in [0.717, 1.165) is 26.9 Å². The fourth-order valence-corrected chi connectivity index (χ4v) is 5.75. The molecule has 0 unspecified atom stereocenters. The first-order chi connectivity index (χ1) is 19.0. The van der Waals surface area contributed by atoms with Gasteiger partial charge in [0.2, 0.25) is 0 Å². The van der Waals surface area contributed by atoms with E-state index in [9.17, 15) is 14.4 Å². The maximum atomic E-state index is 13.7. The Morgan fingerprint density at radius 2 is 1.69 bits per heavy atom. The number of benzene rings is 3. The van der Waals surface area contributed by atoms with E-state index in [0.29, 0.717) is 18.5 Å². The number of aryl methyl sites for hydroxylation is 1. The third-order valence-corrected chi connectivity index (χ3v) is 7.77. The van der Waals surface area contributed by atoms with Gasteiger partial charge in [0.1, 0.15) is 6.54 Å². The van der Waals surface area contributed by atoms with Crippen LogP contribution in [0.3, 0.4) is 0 Å². The minimum atomic E-state index is -0.981. The van der Waals surface area contributed by atoms with Crippen LogP contribution in [0, 0.1) is 0 Å². The van der Waals surface area contributed by atoms with Crippen molar-refractivity contribution in [3.05, 3.63) is 100 Å². The van der Waals surface area contributed by atoms with Crippen LogP contribution in [-0.2, 0) is 20.8 Å². The highest BCUT2D eigenvalue weighted by Crippen LogP contribution is 2.36. The lowest BCUT2D eigenvalue weighted by Crippen LogP contribution is -2.44. The number of amides is 3. The molecule has 3 aliphatic rings. The Bertz CT molecular complexity index is 1510. The molecule has 3 aromatic rings. The lowest BCUT2D eigenvalue weighted by atomic mass is 9.98. The average molecular weight is 585 g/mol. The van der Waals surface area contributed by atoms with Gasteiger partial charge in [-0.3, -0.25) is 19.4 Å². The fourth-order valence-electron chi connectivity index (χ4n) is 5.34. The van der Waals surface area contributed by atoms with E-state index in [-0.39, 0.29) is 18.5 Å². The van der Waals surface area contributed by atoms with E-state index in [1.165, 1.54) is 14.9 Å². The Balaban J connectivity index is 1.26. The summed E-state index contributed by atoms with van der Waals surface area (Å²) in [6.07, 6.45) is 1.20. The van der Waals surface area contributed by atoms with Gasteiger partial charge in [-0.05, 0) is 41.3 Å². The van der Waals surface area contributed by atoms with Gasteiger partial charge in [0.05, 0.1) is 17.4 Å². The Labute approximate surface area is 233 Å². The fraction of sp³-hybridized carbons (Fsp3) is 0.241. The van der Waals surface area contributed by atoms with Crippen LogP contribution < -0.4 is 4.90 Å². The monoisotopic (exact) mass is 584 g/mol. The normalized spacial score (nSPS) is 22.1. The number of carbonyl (C=O) groups is 3. The summed E-state index contributed by atoms with van der Waals surface area (Å²) in [4.78, 5) is 41.7. The van der Waals surface area contributed by atoms with Gasteiger partial charge >= 0.3 is 0 Å². The molecule has 0 aliphatic carbocycles. The maximum Gasteiger partial charge on any atom is 0.264 e. The molecule has 3 heterocycles. The summed E-state index contributed by atoms with van der Waals surface area (Å²) in [5.41, 5.74) is 4.10. The summed E-state index contributed by atoms with van der Waals surface area (Å²) >= 11 is 3.45. The van der Waals surface area contributed by atoms with E-state index in [1.807, 2.05) is 73.7 Å². The smallest absolute Gasteiger partial charge is 0.264 e. The molecule has 39 heavy (non-hydrogen) atoms. The van der Waals surface area contributed by atoms with Crippen LogP contribution in [0.15, 0.2) is 98.8 Å². The van der Waals surface area contributed by atoms with Crippen molar-refractivity contribution in [3.63, 3.8) is 0 Å². The molecule has 0 radical (unpaired) electrons. The Kier molecular flexibility index (Phi) is 6.56. The summed E-state index contributed by atoms with van der Waals surface area (Å²) in [5, 5.41) is 15.7. The Morgan fingerprint density at radius 1 is 0.974 bits per heavy atom. The molecule has 0 saturated carbocycles. The second-order valence-corrected chi connectivity index (χ2v) is 10.5. The molecule has 6 rings (SSSR count). The molecule has 0 bridgehead atoms. The number of hydrogen-bond acceptors (Lipinski definition) is 7. The van der Waals surface area contributed by atoms with Crippen molar-refractivity contribution < 1.29 is 14.4 Å². The molecule has 10 heteroatoms. The van der Waals surface area contributed by atoms with Gasteiger partial charge < -0.3 is 0 Å². The molecule has 0 N–H and O–H groups in total. The number of imide groups is 1. The molecule has 0 aromatic heterocycles. The first kappa shape index (κ1) is 25.1. The van der Waals surface area contributed by atoms with Crippen molar-refractivity contribution in [1.29, 1.82) is 0 Å². The third-order valence-electron chi connectivity index (χ3n) is 7.28. The predicted octanol–water partition coefficient (Wildman–Crippen LogP) is 4.68. The zero-order chi connectivity index (χ0) is 27.1. The van der Waals surface area contributed by atoms with Crippen molar-refractivity contribution in [2.24, 2.45) is 15.4 Å². The molecule has 196 valence electrons. The number of nitrogens with zero attached hydrogens (tertiary/aromatic N) is 6. The highest BCUT2D eigenvalue weighted by molar-refractivity contribution is 9.10.